The zero-order valence-corrected chi connectivity index (χ0v) is 12.5. The van der Waals surface area contributed by atoms with Gasteiger partial charge in [-0.15, -0.1) is 0 Å². The molecule has 108 valence electrons. The van der Waals surface area contributed by atoms with Crippen molar-refractivity contribution in [2.75, 3.05) is 26.2 Å². The van der Waals surface area contributed by atoms with Crippen LogP contribution in [0.4, 0.5) is 0 Å². The van der Waals surface area contributed by atoms with Crippen LogP contribution in [-0.4, -0.2) is 36.1 Å². The quantitative estimate of drug-likeness (QED) is 0.895. The summed E-state index contributed by atoms with van der Waals surface area (Å²) in [5.74, 6) is 0.675. The van der Waals surface area contributed by atoms with Crippen LogP contribution in [0, 0.1) is 5.92 Å². The standard InChI is InChI=1S/C17H25N3/c1-3-13(2)17(20-11-9-18-10-12-20)15-5-4-6-16-14(15)7-8-19-16/h4-8,13,17-19H,3,9-12H2,1-2H3/t13?,17-/m0/s1. The molecule has 2 heterocycles. The maximum atomic E-state index is 3.46. The van der Waals surface area contributed by atoms with Crippen LogP contribution in [0.3, 0.4) is 0 Å². The van der Waals surface area contributed by atoms with Gasteiger partial charge in [-0.1, -0.05) is 32.4 Å². The molecule has 1 fully saturated rings. The van der Waals surface area contributed by atoms with Crippen molar-refractivity contribution in [2.45, 2.75) is 26.3 Å². The summed E-state index contributed by atoms with van der Waals surface area (Å²) in [7, 11) is 0. The van der Waals surface area contributed by atoms with Crippen LogP contribution in [0.2, 0.25) is 0 Å². The van der Waals surface area contributed by atoms with Gasteiger partial charge in [-0.05, 0) is 23.6 Å². The van der Waals surface area contributed by atoms with Gasteiger partial charge < -0.3 is 10.3 Å². The number of aromatic amines is 1. The molecule has 2 atom stereocenters. The molecule has 2 N–H and O–H groups in total. The Morgan fingerprint density at radius 1 is 1.20 bits per heavy atom. The number of H-pyrrole nitrogens is 1. The molecule has 1 aromatic carbocycles. The summed E-state index contributed by atoms with van der Waals surface area (Å²) in [4.78, 5) is 6.00. The first-order chi connectivity index (χ1) is 9.81. The van der Waals surface area contributed by atoms with Gasteiger partial charge in [-0.3, -0.25) is 4.90 Å². The van der Waals surface area contributed by atoms with Gasteiger partial charge >= 0.3 is 0 Å². The minimum absolute atomic E-state index is 0.529. The normalized spacial score (nSPS) is 20.1. The van der Waals surface area contributed by atoms with E-state index in [1.165, 1.54) is 22.9 Å². The van der Waals surface area contributed by atoms with Crippen molar-refractivity contribution in [1.82, 2.24) is 15.2 Å². The van der Waals surface area contributed by atoms with Crippen molar-refractivity contribution in [3.63, 3.8) is 0 Å². The van der Waals surface area contributed by atoms with Gasteiger partial charge in [-0.25, -0.2) is 0 Å². The molecule has 0 bridgehead atoms. The number of nitrogens with one attached hydrogen (secondary N) is 2. The molecule has 1 saturated heterocycles. The van der Waals surface area contributed by atoms with Gasteiger partial charge in [0, 0.05) is 49.3 Å². The molecule has 0 saturated carbocycles. The van der Waals surface area contributed by atoms with Crippen LogP contribution in [0.1, 0.15) is 31.9 Å². The molecular formula is C17H25N3. The fourth-order valence-corrected chi connectivity index (χ4v) is 3.41. The summed E-state index contributed by atoms with van der Waals surface area (Å²) in [6.45, 7) is 9.20. The molecule has 1 aliphatic rings. The van der Waals surface area contributed by atoms with Crippen LogP contribution in [0.25, 0.3) is 10.9 Å². The Hall–Kier alpha value is -1.32. The molecule has 3 heteroatoms. The Labute approximate surface area is 121 Å². The highest BCUT2D eigenvalue weighted by Gasteiger charge is 2.27. The number of fused-ring (bicyclic) bond motifs is 1. The van der Waals surface area contributed by atoms with Crippen LogP contribution in [-0.2, 0) is 0 Å². The van der Waals surface area contributed by atoms with Crippen molar-refractivity contribution < 1.29 is 0 Å². The lowest BCUT2D eigenvalue weighted by molar-refractivity contribution is 0.129. The van der Waals surface area contributed by atoms with Crippen molar-refractivity contribution in [3.05, 3.63) is 36.0 Å². The molecule has 1 unspecified atom stereocenters. The molecule has 1 aliphatic heterocycles. The third kappa shape index (κ3) is 2.48. The van der Waals surface area contributed by atoms with E-state index >= 15 is 0 Å². The average molecular weight is 271 g/mol. The van der Waals surface area contributed by atoms with E-state index in [9.17, 15) is 0 Å². The van der Waals surface area contributed by atoms with Gasteiger partial charge in [0.15, 0.2) is 0 Å². The molecule has 3 nitrogen and oxygen atoms in total. The SMILES string of the molecule is CCC(C)[C@@H](c1cccc2[nH]ccc12)N1CCNCC1. The highest BCUT2D eigenvalue weighted by molar-refractivity contribution is 5.83. The molecular weight excluding hydrogens is 246 g/mol. The van der Waals surface area contributed by atoms with Gasteiger partial charge in [0.05, 0.1) is 0 Å². The average Bonchev–Trinajstić information content (AvgIpc) is 2.98. The van der Waals surface area contributed by atoms with Crippen LogP contribution < -0.4 is 5.32 Å². The van der Waals surface area contributed by atoms with E-state index in [0.29, 0.717) is 12.0 Å². The van der Waals surface area contributed by atoms with Gasteiger partial charge in [0.1, 0.15) is 0 Å². The van der Waals surface area contributed by atoms with Crippen molar-refractivity contribution >= 4 is 10.9 Å². The van der Waals surface area contributed by atoms with E-state index in [1.807, 2.05) is 0 Å². The smallest absolute Gasteiger partial charge is 0.0457 e. The van der Waals surface area contributed by atoms with Crippen molar-refractivity contribution in [2.24, 2.45) is 5.92 Å². The minimum atomic E-state index is 0.529. The Morgan fingerprint density at radius 3 is 2.75 bits per heavy atom. The molecule has 2 aromatic rings. The minimum Gasteiger partial charge on any atom is -0.361 e. The Morgan fingerprint density at radius 2 is 2.00 bits per heavy atom. The van der Waals surface area contributed by atoms with Gasteiger partial charge in [-0.2, -0.15) is 0 Å². The van der Waals surface area contributed by atoms with Crippen LogP contribution in [0.15, 0.2) is 30.5 Å². The number of benzene rings is 1. The Bertz CT molecular complexity index is 554. The van der Waals surface area contributed by atoms with Crippen LogP contribution in [0.5, 0.6) is 0 Å². The predicted octanol–water partition coefficient (Wildman–Crippen LogP) is 3.16. The maximum Gasteiger partial charge on any atom is 0.0457 e. The molecule has 20 heavy (non-hydrogen) atoms. The summed E-state index contributed by atoms with van der Waals surface area (Å²) in [6, 6.07) is 9.43. The summed E-state index contributed by atoms with van der Waals surface area (Å²) in [5.41, 5.74) is 2.74. The third-order valence-electron chi connectivity index (χ3n) is 4.68. The van der Waals surface area contributed by atoms with E-state index in [0.717, 1.165) is 26.2 Å². The number of hydrogen-bond acceptors (Lipinski definition) is 2. The number of rotatable bonds is 4. The second kappa shape index (κ2) is 5.98. The molecule has 1 aromatic heterocycles. The topological polar surface area (TPSA) is 31.1 Å². The number of aromatic nitrogens is 1. The third-order valence-corrected chi connectivity index (χ3v) is 4.68. The lowest BCUT2D eigenvalue weighted by Gasteiger charge is -2.38. The van der Waals surface area contributed by atoms with E-state index in [1.54, 1.807) is 0 Å². The molecule has 3 rings (SSSR count). The summed E-state index contributed by atoms with van der Waals surface area (Å²) in [5, 5.41) is 4.85. The summed E-state index contributed by atoms with van der Waals surface area (Å²) >= 11 is 0. The first kappa shape index (κ1) is 13.7. The molecule has 0 amide bonds. The predicted molar refractivity (Wildman–Crippen MR) is 84.9 cm³/mol. The second-order valence-electron chi connectivity index (χ2n) is 5.90. The second-order valence-corrected chi connectivity index (χ2v) is 5.90. The Balaban J connectivity index is 2.01. The molecule has 0 aliphatic carbocycles. The van der Waals surface area contributed by atoms with E-state index in [4.69, 9.17) is 0 Å². The molecule has 0 radical (unpaired) electrons. The highest BCUT2D eigenvalue weighted by Crippen LogP contribution is 2.35. The van der Waals surface area contributed by atoms with Gasteiger partial charge in [0.2, 0.25) is 0 Å². The fourth-order valence-electron chi connectivity index (χ4n) is 3.41. The zero-order chi connectivity index (χ0) is 13.9. The van der Waals surface area contributed by atoms with E-state index in [2.05, 4.69) is 59.5 Å². The summed E-state index contributed by atoms with van der Waals surface area (Å²) in [6.07, 6.45) is 3.27. The first-order valence-corrected chi connectivity index (χ1v) is 7.82. The van der Waals surface area contributed by atoms with Gasteiger partial charge in [0.25, 0.3) is 0 Å². The molecule has 0 spiro atoms. The highest BCUT2D eigenvalue weighted by atomic mass is 15.2. The van der Waals surface area contributed by atoms with Crippen molar-refractivity contribution in [1.29, 1.82) is 0 Å². The van der Waals surface area contributed by atoms with Crippen molar-refractivity contribution in [3.8, 4) is 0 Å². The summed E-state index contributed by atoms with van der Waals surface area (Å²) < 4.78 is 0. The zero-order valence-electron chi connectivity index (χ0n) is 12.5. The largest absolute Gasteiger partial charge is 0.361 e. The monoisotopic (exact) mass is 271 g/mol. The fraction of sp³-hybridized carbons (Fsp3) is 0.529. The van der Waals surface area contributed by atoms with E-state index < -0.39 is 0 Å². The van der Waals surface area contributed by atoms with Crippen LogP contribution >= 0.6 is 0 Å². The number of nitrogens with zero attached hydrogens (tertiary/aromatic N) is 1. The lowest BCUT2D eigenvalue weighted by atomic mass is 9.88. The Kier molecular flexibility index (Phi) is 4.08. The number of piperazine rings is 1. The lowest BCUT2D eigenvalue weighted by Crippen LogP contribution is -2.46. The number of hydrogen-bond donors (Lipinski definition) is 2. The first-order valence-electron chi connectivity index (χ1n) is 7.82. The maximum absolute atomic E-state index is 3.46. The van der Waals surface area contributed by atoms with E-state index in [-0.39, 0.29) is 0 Å².